The van der Waals surface area contributed by atoms with Gasteiger partial charge in [-0.2, -0.15) is 0 Å². The minimum atomic E-state index is -0.330. The van der Waals surface area contributed by atoms with E-state index in [9.17, 15) is 9.18 Å². The number of hydrogen-bond donors (Lipinski definition) is 2. The van der Waals surface area contributed by atoms with E-state index in [1.54, 1.807) is 12.1 Å². The Morgan fingerprint density at radius 2 is 2.00 bits per heavy atom. The normalized spacial score (nSPS) is 12.3. The molecule has 2 N–H and O–H groups in total. The van der Waals surface area contributed by atoms with Crippen molar-refractivity contribution in [3.63, 3.8) is 0 Å². The highest BCUT2D eigenvalue weighted by Crippen LogP contribution is 2.23. The molecule has 4 nitrogen and oxygen atoms in total. The van der Waals surface area contributed by atoms with Gasteiger partial charge in [-0.1, -0.05) is 6.92 Å². The van der Waals surface area contributed by atoms with Crippen molar-refractivity contribution in [1.29, 1.82) is 0 Å². The SMILES string of the molecule is CCNC(C)CC(=O)Nc1ccc(N(C)C(C)C)c(F)c1. The monoisotopic (exact) mass is 295 g/mol. The second-order valence-corrected chi connectivity index (χ2v) is 5.58. The number of nitrogens with one attached hydrogen (secondary N) is 2. The van der Waals surface area contributed by atoms with E-state index in [4.69, 9.17) is 0 Å². The lowest BCUT2D eigenvalue weighted by molar-refractivity contribution is -0.116. The minimum absolute atomic E-state index is 0.103. The summed E-state index contributed by atoms with van der Waals surface area (Å²) in [5.74, 6) is -0.448. The van der Waals surface area contributed by atoms with Gasteiger partial charge in [0, 0.05) is 31.2 Å². The third kappa shape index (κ3) is 5.34. The van der Waals surface area contributed by atoms with E-state index in [2.05, 4.69) is 10.6 Å². The predicted molar refractivity (Wildman–Crippen MR) is 86.3 cm³/mol. The Morgan fingerprint density at radius 3 is 2.52 bits per heavy atom. The molecule has 0 heterocycles. The maximum atomic E-state index is 14.1. The zero-order valence-corrected chi connectivity index (χ0v) is 13.5. The van der Waals surface area contributed by atoms with Crippen LogP contribution in [0.15, 0.2) is 18.2 Å². The first-order valence-electron chi connectivity index (χ1n) is 7.40. The molecular formula is C16H26FN3O. The maximum Gasteiger partial charge on any atom is 0.225 e. The molecule has 1 aromatic carbocycles. The Kier molecular flexibility index (Phi) is 6.62. The van der Waals surface area contributed by atoms with Crippen LogP contribution in [0.5, 0.6) is 0 Å². The van der Waals surface area contributed by atoms with Crippen LogP contribution in [0, 0.1) is 5.82 Å². The van der Waals surface area contributed by atoms with Gasteiger partial charge in [-0.15, -0.1) is 0 Å². The van der Waals surface area contributed by atoms with Crippen LogP contribution < -0.4 is 15.5 Å². The van der Waals surface area contributed by atoms with Crippen molar-refractivity contribution in [2.24, 2.45) is 0 Å². The highest BCUT2D eigenvalue weighted by atomic mass is 19.1. The van der Waals surface area contributed by atoms with E-state index < -0.39 is 0 Å². The number of nitrogens with zero attached hydrogens (tertiary/aromatic N) is 1. The average Bonchev–Trinajstić information content (AvgIpc) is 2.37. The molecule has 1 atom stereocenters. The van der Waals surface area contributed by atoms with E-state index in [1.165, 1.54) is 6.07 Å². The second-order valence-electron chi connectivity index (χ2n) is 5.58. The fraction of sp³-hybridized carbons (Fsp3) is 0.562. The molecule has 0 aromatic heterocycles. The average molecular weight is 295 g/mol. The van der Waals surface area contributed by atoms with Gasteiger partial charge in [0.1, 0.15) is 5.82 Å². The van der Waals surface area contributed by atoms with Crippen molar-refractivity contribution >= 4 is 17.3 Å². The molecule has 0 aliphatic rings. The smallest absolute Gasteiger partial charge is 0.225 e. The van der Waals surface area contributed by atoms with Crippen LogP contribution in [-0.2, 0) is 4.79 Å². The lowest BCUT2D eigenvalue weighted by Crippen LogP contribution is -2.30. The molecule has 1 rings (SSSR count). The standard InChI is InChI=1S/C16H26FN3O/c1-6-18-12(4)9-16(21)19-13-7-8-15(14(17)10-13)20(5)11(2)3/h7-8,10-12,18H,6,9H2,1-5H3,(H,19,21). The van der Waals surface area contributed by atoms with E-state index in [1.807, 2.05) is 39.6 Å². The van der Waals surface area contributed by atoms with Gasteiger partial charge in [-0.05, 0) is 45.5 Å². The third-order valence-electron chi connectivity index (χ3n) is 3.43. The Labute approximate surface area is 126 Å². The summed E-state index contributed by atoms with van der Waals surface area (Å²) >= 11 is 0. The van der Waals surface area contributed by atoms with Crippen molar-refractivity contribution in [1.82, 2.24) is 5.32 Å². The quantitative estimate of drug-likeness (QED) is 0.813. The molecule has 0 aliphatic heterocycles. The van der Waals surface area contributed by atoms with Crippen molar-refractivity contribution < 1.29 is 9.18 Å². The fourth-order valence-corrected chi connectivity index (χ4v) is 2.06. The van der Waals surface area contributed by atoms with E-state index in [-0.39, 0.29) is 23.8 Å². The maximum absolute atomic E-state index is 14.1. The zero-order valence-electron chi connectivity index (χ0n) is 13.5. The van der Waals surface area contributed by atoms with Crippen LogP contribution in [0.2, 0.25) is 0 Å². The number of carbonyl (C=O) groups excluding carboxylic acids is 1. The van der Waals surface area contributed by atoms with Gasteiger partial charge in [-0.25, -0.2) is 4.39 Å². The lowest BCUT2D eigenvalue weighted by atomic mass is 10.2. The molecule has 1 amide bonds. The summed E-state index contributed by atoms with van der Waals surface area (Å²) < 4.78 is 14.1. The molecule has 0 aliphatic carbocycles. The first kappa shape index (κ1) is 17.4. The molecule has 0 bridgehead atoms. The van der Waals surface area contributed by atoms with E-state index in [0.29, 0.717) is 17.8 Å². The lowest BCUT2D eigenvalue weighted by Gasteiger charge is -2.24. The molecule has 0 radical (unpaired) electrons. The molecule has 21 heavy (non-hydrogen) atoms. The molecule has 0 spiro atoms. The molecule has 118 valence electrons. The minimum Gasteiger partial charge on any atom is -0.370 e. The van der Waals surface area contributed by atoms with Crippen molar-refractivity contribution in [3.05, 3.63) is 24.0 Å². The van der Waals surface area contributed by atoms with Gasteiger partial charge in [-0.3, -0.25) is 4.79 Å². The Balaban J connectivity index is 2.69. The highest BCUT2D eigenvalue weighted by molar-refractivity contribution is 5.91. The van der Waals surface area contributed by atoms with Gasteiger partial charge in [0.15, 0.2) is 0 Å². The van der Waals surface area contributed by atoms with Crippen molar-refractivity contribution in [2.75, 3.05) is 23.8 Å². The molecule has 1 aromatic rings. The number of carbonyl (C=O) groups is 1. The summed E-state index contributed by atoms with van der Waals surface area (Å²) in [5.41, 5.74) is 1.02. The fourth-order valence-electron chi connectivity index (χ4n) is 2.06. The van der Waals surface area contributed by atoms with Gasteiger partial charge >= 0.3 is 0 Å². The number of rotatable bonds is 7. The van der Waals surface area contributed by atoms with Crippen LogP contribution in [0.4, 0.5) is 15.8 Å². The number of benzene rings is 1. The molecule has 0 saturated carbocycles. The largest absolute Gasteiger partial charge is 0.370 e. The predicted octanol–water partition coefficient (Wildman–Crippen LogP) is 3.00. The summed E-state index contributed by atoms with van der Waals surface area (Å²) in [5, 5.41) is 5.90. The topological polar surface area (TPSA) is 44.4 Å². The van der Waals surface area contributed by atoms with Crippen LogP contribution in [-0.4, -0.2) is 31.6 Å². The zero-order chi connectivity index (χ0) is 16.0. The van der Waals surface area contributed by atoms with Crippen LogP contribution in [0.3, 0.4) is 0 Å². The number of halogens is 1. The van der Waals surface area contributed by atoms with E-state index in [0.717, 1.165) is 6.54 Å². The van der Waals surface area contributed by atoms with Crippen molar-refractivity contribution in [3.8, 4) is 0 Å². The summed E-state index contributed by atoms with van der Waals surface area (Å²) in [7, 11) is 1.85. The first-order valence-corrected chi connectivity index (χ1v) is 7.40. The third-order valence-corrected chi connectivity index (χ3v) is 3.43. The van der Waals surface area contributed by atoms with Gasteiger partial charge in [0.05, 0.1) is 5.69 Å². The summed E-state index contributed by atoms with van der Waals surface area (Å²) in [6, 6.07) is 5.10. The van der Waals surface area contributed by atoms with Gasteiger partial charge in [0.25, 0.3) is 0 Å². The molecular weight excluding hydrogens is 269 g/mol. The van der Waals surface area contributed by atoms with E-state index >= 15 is 0 Å². The first-order chi connectivity index (χ1) is 9.85. The number of amides is 1. The van der Waals surface area contributed by atoms with Crippen LogP contribution in [0.1, 0.15) is 34.1 Å². The van der Waals surface area contributed by atoms with Gasteiger partial charge < -0.3 is 15.5 Å². The Hall–Kier alpha value is -1.62. The summed E-state index contributed by atoms with van der Waals surface area (Å²) in [6.07, 6.45) is 0.364. The second kappa shape index (κ2) is 7.98. The molecule has 0 saturated heterocycles. The molecule has 0 fully saturated rings. The van der Waals surface area contributed by atoms with Crippen LogP contribution in [0.25, 0.3) is 0 Å². The highest BCUT2D eigenvalue weighted by Gasteiger charge is 2.13. The van der Waals surface area contributed by atoms with Crippen LogP contribution >= 0.6 is 0 Å². The number of anilines is 2. The molecule has 1 unspecified atom stereocenters. The number of hydrogen-bond acceptors (Lipinski definition) is 3. The summed E-state index contributed by atoms with van der Waals surface area (Å²) in [6.45, 7) is 8.76. The summed E-state index contributed by atoms with van der Waals surface area (Å²) in [4.78, 5) is 13.7. The Morgan fingerprint density at radius 1 is 1.33 bits per heavy atom. The Bertz CT molecular complexity index is 477. The van der Waals surface area contributed by atoms with Gasteiger partial charge in [0.2, 0.25) is 5.91 Å². The molecule has 5 heteroatoms. The van der Waals surface area contributed by atoms with Crippen molar-refractivity contribution in [2.45, 2.75) is 46.2 Å².